The minimum atomic E-state index is -0.405. The average Bonchev–Trinajstić information content (AvgIpc) is 2.36. The summed E-state index contributed by atoms with van der Waals surface area (Å²) in [6, 6.07) is 0. The number of piperidine rings is 1. The number of nitrogens with one attached hydrogen (secondary N) is 2. The molecule has 0 atom stereocenters. The summed E-state index contributed by atoms with van der Waals surface area (Å²) >= 11 is 0. The fraction of sp³-hybridized carbons (Fsp3) is 0.846. The van der Waals surface area contributed by atoms with Crippen LogP contribution >= 0.6 is 0 Å². The van der Waals surface area contributed by atoms with Crippen molar-refractivity contribution in [3.63, 3.8) is 0 Å². The molecule has 0 aromatic heterocycles. The first-order valence-corrected chi connectivity index (χ1v) is 6.53. The molecule has 2 N–H and O–H groups in total. The van der Waals surface area contributed by atoms with Crippen LogP contribution in [0.15, 0.2) is 0 Å². The van der Waals surface area contributed by atoms with Crippen LogP contribution in [0.4, 0.5) is 4.79 Å². The maximum Gasteiger partial charge on any atom is 0.407 e. The van der Waals surface area contributed by atoms with Crippen LogP contribution < -0.4 is 10.6 Å². The number of hydrogen-bond donors (Lipinski definition) is 2. The molecule has 0 saturated carbocycles. The maximum absolute atomic E-state index is 11.4. The molecule has 1 aliphatic rings. The molecule has 0 bridgehead atoms. The molecule has 19 heavy (non-hydrogen) atoms. The molecule has 6 heteroatoms. The second-order valence-electron chi connectivity index (χ2n) is 5.41. The van der Waals surface area contributed by atoms with E-state index in [2.05, 4.69) is 15.4 Å². The van der Waals surface area contributed by atoms with E-state index in [0.29, 0.717) is 12.4 Å². The zero-order valence-electron chi connectivity index (χ0n) is 12.3. The second-order valence-corrected chi connectivity index (χ2v) is 5.41. The lowest BCUT2D eigenvalue weighted by atomic mass is 9.98. The summed E-state index contributed by atoms with van der Waals surface area (Å²) in [6.45, 7) is 8.84. The molecular formula is C13H26N2O4. The van der Waals surface area contributed by atoms with Crippen LogP contribution in [0.2, 0.25) is 0 Å². The summed E-state index contributed by atoms with van der Waals surface area (Å²) in [5.41, 5.74) is -0.405. The van der Waals surface area contributed by atoms with Gasteiger partial charge >= 0.3 is 6.09 Å². The molecule has 0 aromatic rings. The zero-order chi connectivity index (χ0) is 14.7. The van der Waals surface area contributed by atoms with Gasteiger partial charge in [0.05, 0.1) is 7.11 Å². The second kappa shape index (κ2) is 9.61. The lowest BCUT2D eigenvalue weighted by Gasteiger charge is -2.24. The summed E-state index contributed by atoms with van der Waals surface area (Å²) in [7, 11) is 1.31. The molecule has 0 aliphatic carbocycles. The lowest BCUT2D eigenvalue weighted by Crippen LogP contribution is -2.38. The minimum absolute atomic E-state index is 0.305. The first kappa shape index (κ1) is 17.7. The standard InChI is InChI=1S/C11H22N2O2.C2H4O2/c1-11(2,3)15-10(14)13-8-9-4-6-12-7-5-9;1-4-2-3/h9,12H,4-8H2,1-3H3,(H,13,14);2H,1H3. The van der Waals surface area contributed by atoms with E-state index in [0.717, 1.165) is 32.5 Å². The van der Waals surface area contributed by atoms with Gasteiger partial charge in [0.2, 0.25) is 0 Å². The third-order valence-electron chi connectivity index (χ3n) is 2.49. The average molecular weight is 274 g/mol. The van der Waals surface area contributed by atoms with E-state index in [1.807, 2.05) is 20.8 Å². The molecular weight excluding hydrogens is 248 g/mol. The first-order valence-electron chi connectivity index (χ1n) is 6.53. The van der Waals surface area contributed by atoms with Crippen LogP contribution in [0, 0.1) is 5.92 Å². The van der Waals surface area contributed by atoms with Gasteiger partial charge in [0.15, 0.2) is 0 Å². The maximum atomic E-state index is 11.4. The molecule has 1 fully saturated rings. The molecule has 0 unspecified atom stereocenters. The quantitative estimate of drug-likeness (QED) is 0.759. The molecule has 0 radical (unpaired) electrons. The largest absolute Gasteiger partial charge is 0.471 e. The monoisotopic (exact) mass is 274 g/mol. The Morgan fingerprint density at radius 1 is 1.37 bits per heavy atom. The van der Waals surface area contributed by atoms with E-state index in [1.165, 1.54) is 7.11 Å². The Morgan fingerprint density at radius 2 is 1.89 bits per heavy atom. The predicted molar refractivity (Wildman–Crippen MR) is 72.9 cm³/mol. The number of amides is 1. The number of carbonyl (C=O) groups is 2. The van der Waals surface area contributed by atoms with Gasteiger partial charge in [0, 0.05) is 6.54 Å². The SMILES string of the molecule is CC(C)(C)OC(=O)NCC1CCNCC1.COC=O. The summed E-state index contributed by atoms with van der Waals surface area (Å²) < 4.78 is 9.02. The summed E-state index contributed by atoms with van der Waals surface area (Å²) in [5, 5.41) is 6.12. The predicted octanol–water partition coefficient (Wildman–Crippen LogP) is 1.30. The molecule has 1 amide bonds. The molecule has 112 valence electrons. The Hall–Kier alpha value is -1.30. The van der Waals surface area contributed by atoms with Crippen LogP contribution in [0.5, 0.6) is 0 Å². The van der Waals surface area contributed by atoms with Crippen LogP contribution in [0.25, 0.3) is 0 Å². The summed E-state index contributed by atoms with van der Waals surface area (Å²) in [6.07, 6.45) is 1.96. The van der Waals surface area contributed by atoms with Crippen molar-refractivity contribution in [2.45, 2.75) is 39.2 Å². The number of hydrogen-bond acceptors (Lipinski definition) is 5. The van der Waals surface area contributed by atoms with E-state index >= 15 is 0 Å². The van der Waals surface area contributed by atoms with E-state index in [4.69, 9.17) is 9.53 Å². The molecule has 1 heterocycles. The Morgan fingerprint density at radius 3 is 2.32 bits per heavy atom. The molecule has 1 rings (SSSR count). The van der Waals surface area contributed by atoms with E-state index in [9.17, 15) is 4.79 Å². The highest BCUT2D eigenvalue weighted by Gasteiger charge is 2.18. The minimum Gasteiger partial charge on any atom is -0.471 e. The van der Waals surface area contributed by atoms with Crippen LogP contribution in [-0.2, 0) is 14.3 Å². The fourth-order valence-electron chi connectivity index (χ4n) is 1.63. The van der Waals surface area contributed by atoms with Gasteiger partial charge in [-0.2, -0.15) is 0 Å². The van der Waals surface area contributed by atoms with Crippen LogP contribution in [0.1, 0.15) is 33.6 Å². The smallest absolute Gasteiger partial charge is 0.407 e. The van der Waals surface area contributed by atoms with Crippen molar-refractivity contribution in [3.05, 3.63) is 0 Å². The van der Waals surface area contributed by atoms with Crippen molar-refractivity contribution in [2.75, 3.05) is 26.7 Å². The Bertz CT molecular complexity index is 258. The van der Waals surface area contributed by atoms with Crippen LogP contribution in [-0.4, -0.2) is 44.9 Å². The highest BCUT2D eigenvalue weighted by atomic mass is 16.6. The van der Waals surface area contributed by atoms with E-state index in [-0.39, 0.29) is 6.09 Å². The van der Waals surface area contributed by atoms with Gasteiger partial charge in [-0.05, 0) is 52.6 Å². The third kappa shape index (κ3) is 11.5. The van der Waals surface area contributed by atoms with Crippen molar-refractivity contribution >= 4 is 12.6 Å². The Balaban J connectivity index is 0.000000711. The Labute approximate surface area is 115 Å². The third-order valence-corrected chi connectivity index (χ3v) is 2.49. The van der Waals surface area contributed by atoms with Gasteiger partial charge in [-0.1, -0.05) is 0 Å². The van der Waals surface area contributed by atoms with Gasteiger partial charge in [-0.3, -0.25) is 4.79 Å². The van der Waals surface area contributed by atoms with Crippen molar-refractivity contribution in [2.24, 2.45) is 5.92 Å². The number of rotatable bonds is 3. The highest BCUT2D eigenvalue weighted by Crippen LogP contribution is 2.11. The van der Waals surface area contributed by atoms with Crippen molar-refractivity contribution in [1.82, 2.24) is 10.6 Å². The first-order chi connectivity index (χ1) is 8.89. The number of methoxy groups -OCH3 is 1. The van der Waals surface area contributed by atoms with Gasteiger partial charge in [-0.15, -0.1) is 0 Å². The van der Waals surface area contributed by atoms with Gasteiger partial charge in [-0.25, -0.2) is 4.79 Å². The molecule has 0 spiro atoms. The molecule has 1 saturated heterocycles. The van der Waals surface area contributed by atoms with Gasteiger partial charge in [0.25, 0.3) is 6.47 Å². The molecule has 6 nitrogen and oxygen atoms in total. The lowest BCUT2D eigenvalue weighted by molar-refractivity contribution is -0.126. The topological polar surface area (TPSA) is 76.7 Å². The van der Waals surface area contributed by atoms with E-state index < -0.39 is 5.60 Å². The number of carbonyl (C=O) groups excluding carboxylic acids is 2. The normalized spacial score (nSPS) is 15.8. The van der Waals surface area contributed by atoms with Gasteiger partial charge in [0.1, 0.15) is 5.60 Å². The Kier molecular flexibility index (Phi) is 8.95. The van der Waals surface area contributed by atoms with Gasteiger partial charge < -0.3 is 20.1 Å². The van der Waals surface area contributed by atoms with Crippen molar-refractivity contribution < 1.29 is 19.1 Å². The van der Waals surface area contributed by atoms with Crippen molar-refractivity contribution in [1.29, 1.82) is 0 Å². The highest BCUT2D eigenvalue weighted by molar-refractivity contribution is 5.67. The summed E-state index contributed by atoms with van der Waals surface area (Å²) in [4.78, 5) is 20.3. The number of alkyl carbamates (subject to hydrolysis) is 1. The summed E-state index contributed by atoms with van der Waals surface area (Å²) in [5.74, 6) is 0.596. The fourth-order valence-corrected chi connectivity index (χ4v) is 1.63. The molecule has 0 aromatic carbocycles. The van der Waals surface area contributed by atoms with Crippen LogP contribution in [0.3, 0.4) is 0 Å². The number of ether oxygens (including phenoxy) is 2. The van der Waals surface area contributed by atoms with E-state index in [1.54, 1.807) is 0 Å². The zero-order valence-corrected chi connectivity index (χ0v) is 12.3. The van der Waals surface area contributed by atoms with Crippen molar-refractivity contribution in [3.8, 4) is 0 Å². The molecule has 1 aliphatic heterocycles.